The fourth-order valence-electron chi connectivity index (χ4n) is 3.57. The van der Waals surface area contributed by atoms with Crippen LogP contribution >= 0.6 is 23.1 Å². The topological polar surface area (TPSA) is 69.5 Å². The van der Waals surface area contributed by atoms with Crippen LogP contribution in [0.5, 0.6) is 11.5 Å². The molecule has 5 rings (SSSR count). The second-order valence-electron chi connectivity index (χ2n) is 7.41. The number of carbonyl (C=O) groups is 1. The Morgan fingerprint density at radius 3 is 2.67 bits per heavy atom. The molecule has 0 radical (unpaired) electrons. The van der Waals surface area contributed by atoms with Crippen molar-refractivity contribution in [3.8, 4) is 22.9 Å². The molecular weight excluding hydrogens is 456 g/mol. The molecule has 1 amide bonds. The van der Waals surface area contributed by atoms with Gasteiger partial charge >= 0.3 is 0 Å². The van der Waals surface area contributed by atoms with E-state index in [-0.39, 0.29) is 11.7 Å². The van der Waals surface area contributed by atoms with Gasteiger partial charge in [0.05, 0.1) is 12.3 Å². The van der Waals surface area contributed by atoms with E-state index in [0.29, 0.717) is 36.4 Å². The number of fused-ring (bicyclic) bond motifs is 1. The summed E-state index contributed by atoms with van der Waals surface area (Å²) >= 11 is 3.01. The van der Waals surface area contributed by atoms with Crippen molar-refractivity contribution < 1.29 is 14.3 Å². The fourth-order valence-corrected chi connectivity index (χ4v) is 5.04. The van der Waals surface area contributed by atoms with Crippen molar-refractivity contribution in [1.29, 1.82) is 0 Å². The smallest absolute Gasteiger partial charge is 0.237 e. The molecule has 33 heavy (non-hydrogen) atoms. The van der Waals surface area contributed by atoms with Crippen LogP contribution < -0.4 is 14.4 Å². The van der Waals surface area contributed by atoms with Crippen LogP contribution in [0.4, 0.5) is 5.69 Å². The molecule has 3 heterocycles. The lowest BCUT2D eigenvalue weighted by Gasteiger charge is -2.25. The van der Waals surface area contributed by atoms with Gasteiger partial charge in [0, 0.05) is 29.2 Å². The van der Waals surface area contributed by atoms with Crippen LogP contribution in [0.2, 0.25) is 0 Å². The van der Waals surface area contributed by atoms with E-state index in [1.54, 1.807) is 16.2 Å². The predicted octanol–water partition coefficient (Wildman–Crippen LogP) is 4.64. The maximum absolute atomic E-state index is 13.4. The van der Waals surface area contributed by atoms with Gasteiger partial charge in [-0.2, -0.15) is 0 Å². The van der Waals surface area contributed by atoms with Crippen LogP contribution in [-0.4, -0.2) is 39.6 Å². The third-order valence-corrected chi connectivity index (χ3v) is 7.09. The van der Waals surface area contributed by atoms with Crippen LogP contribution in [0.15, 0.2) is 71.2 Å². The third-order valence-electron chi connectivity index (χ3n) is 5.22. The van der Waals surface area contributed by atoms with Crippen molar-refractivity contribution in [1.82, 2.24) is 14.8 Å². The normalized spacial score (nSPS) is 12.5. The van der Waals surface area contributed by atoms with Crippen LogP contribution in [0, 0.1) is 0 Å². The summed E-state index contributed by atoms with van der Waals surface area (Å²) in [5.41, 5.74) is 1.77. The lowest BCUT2D eigenvalue weighted by Crippen LogP contribution is -2.32. The number of amides is 1. The molecule has 9 heteroatoms. The minimum Gasteiger partial charge on any atom is -0.486 e. The van der Waals surface area contributed by atoms with E-state index >= 15 is 0 Å². The van der Waals surface area contributed by atoms with Gasteiger partial charge in [-0.25, -0.2) is 0 Å². The molecule has 4 aromatic rings. The molecule has 0 atom stereocenters. The molecule has 1 aliphatic heterocycles. The zero-order valence-corrected chi connectivity index (χ0v) is 19.6. The van der Waals surface area contributed by atoms with E-state index < -0.39 is 0 Å². The summed E-state index contributed by atoms with van der Waals surface area (Å²) in [4.78, 5) is 16.3. The maximum Gasteiger partial charge on any atom is 0.237 e. The van der Waals surface area contributed by atoms with Gasteiger partial charge in [-0.05, 0) is 23.6 Å². The Bertz CT molecular complexity index is 1240. The number of thioether (sulfide) groups is 1. The Morgan fingerprint density at radius 2 is 1.88 bits per heavy atom. The van der Waals surface area contributed by atoms with Gasteiger partial charge in [-0.3, -0.25) is 4.79 Å². The van der Waals surface area contributed by atoms with E-state index in [4.69, 9.17) is 9.47 Å². The molecule has 7 nitrogen and oxygen atoms in total. The number of rotatable bonds is 7. The zero-order chi connectivity index (χ0) is 22.6. The van der Waals surface area contributed by atoms with Gasteiger partial charge in [0.15, 0.2) is 22.5 Å². The number of ether oxygens (including phenoxy) is 2. The number of aromatic nitrogens is 3. The Kier molecular flexibility index (Phi) is 6.32. The molecular formula is C24H22N4O3S2. The van der Waals surface area contributed by atoms with E-state index in [0.717, 1.165) is 22.0 Å². The first-order valence-corrected chi connectivity index (χ1v) is 12.4. The molecule has 0 saturated heterocycles. The van der Waals surface area contributed by atoms with Crippen LogP contribution in [-0.2, 0) is 18.4 Å². The van der Waals surface area contributed by atoms with Gasteiger partial charge in [0.25, 0.3) is 0 Å². The van der Waals surface area contributed by atoms with Gasteiger partial charge in [-0.15, -0.1) is 21.5 Å². The minimum absolute atomic E-state index is 0.0191. The number of hydrogen-bond donors (Lipinski definition) is 0. The molecule has 168 valence electrons. The molecule has 0 unspecified atom stereocenters. The predicted molar refractivity (Wildman–Crippen MR) is 130 cm³/mol. The Morgan fingerprint density at radius 1 is 1.06 bits per heavy atom. The monoisotopic (exact) mass is 478 g/mol. The second kappa shape index (κ2) is 9.68. The van der Waals surface area contributed by atoms with E-state index in [1.807, 2.05) is 77.7 Å². The average Bonchev–Trinajstić information content (AvgIpc) is 3.51. The van der Waals surface area contributed by atoms with Crippen molar-refractivity contribution in [3.63, 3.8) is 0 Å². The molecule has 0 spiro atoms. The lowest BCUT2D eigenvalue weighted by atomic mass is 10.2. The van der Waals surface area contributed by atoms with Crippen molar-refractivity contribution in [2.75, 3.05) is 23.9 Å². The number of hydrogen-bond acceptors (Lipinski definition) is 7. The molecule has 0 bridgehead atoms. The van der Waals surface area contributed by atoms with E-state index in [1.165, 1.54) is 11.8 Å². The Labute approximate surface area is 200 Å². The highest BCUT2D eigenvalue weighted by atomic mass is 32.2. The highest BCUT2D eigenvalue weighted by Crippen LogP contribution is 2.35. The first kappa shape index (κ1) is 21.5. The first-order valence-electron chi connectivity index (χ1n) is 10.5. The zero-order valence-electron chi connectivity index (χ0n) is 18.0. The van der Waals surface area contributed by atoms with E-state index in [9.17, 15) is 4.79 Å². The Balaban J connectivity index is 1.35. The number of nitrogens with zero attached hydrogens (tertiary/aromatic N) is 4. The summed E-state index contributed by atoms with van der Waals surface area (Å²) in [6, 6.07) is 19.6. The van der Waals surface area contributed by atoms with E-state index in [2.05, 4.69) is 10.2 Å². The number of carbonyl (C=O) groups excluding carboxylic acids is 1. The second-order valence-corrected chi connectivity index (χ2v) is 9.38. The fraction of sp³-hybridized carbons (Fsp3) is 0.208. The summed E-state index contributed by atoms with van der Waals surface area (Å²) in [5, 5.41) is 11.3. The standard InChI is InChI=1S/C24H22N4O3S2/c1-27-23(17-6-3-2-4-7-17)25-26-24(27)33-16-22(29)28(15-19-8-5-13-32-19)18-9-10-20-21(14-18)31-12-11-30-20/h2-10,13-14H,11-12,15-16H2,1H3. The summed E-state index contributed by atoms with van der Waals surface area (Å²) < 4.78 is 13.3. The highest BCUT2D eigenvalue weighted by molar-refractivity contribution is 7.99. The maximum atomic E-state index is 13.4. The van der Waals surface area contributed by atoms with Crippen molar-refractivity contribution in [2.45, 2.75) is 11.7 Å². The average molecular weight is 479 g/mol. The summed E-state index contributed by atoms with van der Waals surface area (Å²) in [7, 11) is 1.92. The summed E-state index contributed by atoms with van der Waals surface area (Å²) in [6.45, 7) is 1.52. The first-order chi connectivity index (χ1) is 16.2. The quantitative estimate of drug-likeness (QED) is 0.361. The third kappa shape index (κ3) is 4.74. The highest BCUT2D eigenvalue weighted by Gasteiger charge is 2.22. The van der Waals surface area contributed by atoms with Crippen LogP contribution in [0.3, 0.4) is 0 Å². The van der Waals surface area contributed by atoms with Gasteiger partial charge in [0.1, 0.15) is 13.2 Å². The number of thiophene rings is 1. The van der Waals surface area contributed by atoms with Crippen LogP contribution in [0.25, 0.3) is 11.4 Å². The molecule has 2 aromatic heterocycles. The SMILES string of the molecule is Cn1c(SCC(=O)N(Cc2cccs2)c2ccc3c(c2)OCCO3)nnc1-c1ccccc1. The van der Waals surface area contributed by atoms with Crippen molar-refractivity contribution in [3.05, 3.63) is 70.9 Å². The molecule has 0 fully saturated rings. The van der Waals surface area contributed by atoms with Crippen molar-refractivity contribution >= 4 is 34.7 Å². The van der Waals surface area contributed by atoms with Gasteiger partial charge < -0.3 is 18.9 Å². The summed E-state index contributed by atoms with van der Waals surface area (Å²) in [6.07, 6.45) is 0. The molecule has 0 aliphatic carbocycles. The Hall–Kier alpha value is -3.30. The molecule has 2 aromatic carbocycles. The molecule has 0 saturated carbocycles. The summed E-state index contributed by atoms with van der Waals surface area (Å²) in [5.74, 6) is 2.36. The minimum atomic E-state index is -0.0191. The lowest BCUT2D eigenvalue weighted by molar-refractivity contribution is -0.116. The molecule has 0 N–H and O–H groups in total. The van der Waals surface area contributed by atoms with Crippen LogP contribution in [0.1, 0.15) is 4.88 Å². The number of anilines is 1. The van der Waals surface area contributed by atoms with Gasteiger partial charge in [-0.1, -0.05) is 48.2 Å². The largest absolute Gasteiger partial charge is 0.486 e. The molecule has 1 aliphatic rings. The van der Waals surface area contributed by atoms with Crippen molar-refractivity contribution in [2.24, 2.45) is 7.05 Å². The number of benzene rings is 2. The van der Waals surface area contributed by atoms with Gasteiger partial charge in [0.2, 0.25) is 5.91 Å².